The summed E-state index contributed by atoms with van der Waals surface area (Å²) in [4.78, 5) is 0. The predicted octanol–water partition coefficient (Wildman–Crippen LogP) is 2.83. The lowest BCUT2D eigenvalue weighted by Gasteiger charge is -2.15. The third-order valence-corrected chi connectivity index (χ3v) is 6.25. The zero-order chi connectivity index (χ0) is 15.0. The molecule has 20 heavy (non-hydrogen) atoms. The summed E-state index contributed by atoms with van der Waals surface area (Å²) in [6.45, 7) is 7.94. The molecule has 1 aromatic rings. The largest absolute Gasteiger partial charge is 0.313 e. The number of rotatable bonds is 10. The molecule has 0 saturated carbocycles. The Morgan fingerprint density at radius 2 is 2.25 bits per heavy atom. The fraction of sp³-hybridized carbons (Fsp3) is 0.571. The molecule has 0 fully saturated rings. The lowest BCUT2D eigenvalue weighted by molar-refractivity contribution is 0.464. The van der Waals surface area contributed by atoms with Crippen molar-refractivity contribution in [1.82, 2.24) is 9.62 Å². The summed E-state index contributed by atoms with van der Waals surface area (Å²) in [6.07, 6.45) is 4.51. The monoisotopic (exact) mass is 316 g/mol. The molecule has 0 bridgehead atoms. The summed E-state index contributed by atoms with van der Waals surface area (Å²) in [7, 11) is -1.71. The average Bonchev–Trinajstić information content (AvgIpc) is 2.88. The molecule has 0 aliphatic rings. The Hall–Kier alpha value is -0.690. The van der Waals surface area contributed by atoms with Gasteiger partial charge in [-0.25, -0.2) is 12.7 Å². The molecule has 0 unspecified atom stereocenters. The van der Waals surface area contributed by atoms with Gasteiger partial charge in [0.1, 0.15) is 4.21 Å². The van der Waals surface area contributed by atoms with Crippen LogP contribution in [-0.2, 0) is 16.6 Å². The Labute approximate surface area is 126 Å². The minimum Gasteiger partial charge on any atom is -0.313 e. The van der Waals surface area contributed by atoms with Crippen molar-refractivity contribution in [2.45, 2.75) is 36.9 Å². The Kier molecular flexibility index (Phi) is 7.43. The first-order chi connectivity index (χ1) is 9.52. The summed E-state index contributed by atoms with van der Waals surface area (Å²) < 4.78 is 26.6. The van der Waals surface area contributed by atoms with Gasteiger partial charge in [0, 0.05) is 20.1 Å². The molecule has 0 spiro atoms. The van der Waals surface area contributed by atoms with E-state index < -0.39 is 10.0 Å². The van der Waals surface area contributed by atoms with Crippen molar-refractivity contribution >= 4 is 21.4 Å². The maximum atomic E-state index is 12.4. The van der Waals surface area contributed by atoms with Crippen molar-refractivity contribution in [2.75, 3.05) is 20.1 Å². The maximum absolute atomic E-state index is 12.4. The highest BCUT2D eigenvalue weighted by Crippen LogP contribution is 2.23. The molecule has 0 aliphatic heterocycles. The molecule has 114 valence electrons. The van der Waals surface area contributed by atoms with Crippen LogP contribution in [0.2, 0.25) is 0 Å². The molecule has 4 nitrogen and oxygen atoms in total. The van der Waals surface area contributed by atoms with E-state index in [1.54, 1.807) is 13.1 Å². The summed E-state index contributed by atoms with van der Waals surface area (Å²) in [5.74, 6) is 0. The van der Waals surface area contributed by atoms with Gasteiger partial charge in [-0.2, -0.15) is 0 Å². The number of nitrogens with zero attached hydrogens (tertiary/aromatic N) is 1. The lowest BCUT2D eigenvalue weighted by Crippen LogP contribution is -2.27. The second-order valence-corrected chi connectivity index (χ2v) is 7.89. The van der Waals surface area contributed by atoms with Crippen molar-refractivity contribution in [3.63, 3.8) is 0 Å². The van der Waals surface area contributed by atoms with Crippen LogP contribution >= 0.6 is 11.3 Å². The van der Waals surface area contributed by atoms with E-state index in [0.29, 0.717) is 10.8 Å². The average molecular weight is 316 g/mol. The predicted molar refractivity (Wildman–Crippen MR) is 85.6 cm³/mol. The minimum absolute atomic E-state index is 0.423. The van der Waals surface area contributed by atoms with Gasteiger partial charge in [0.15, 0.2) is 0 Å². The molecular formula is C14H24N2O2S2. The second-order valence-electron chi connectivity index (χ2n) is 4.71. The fourth-order valence-electron chi connectivity index (χ4n) is 1.72. The molecule has 0 aliphatic carbocycles. The summed E-state index contributed by atoms with van der Waals surface area (Å²) >= 11 is 1.29. The van der Waals surface area contributed by atoms with Crippen LogP contribution in [0, 0.1) is 0 Å². The highest BCUT2D eigenvalue weighted by atomic mass is 32.2. The smallest absolute Gasteiger partial charge is 0.252 e. The fourth-order valence-corrected chi connectivity index (χ4v) is 4.35. The molecule has 0 atom stereocenters. The number of nitrogens with one attached hydrogen (secondary N) is 1. The Morgan fingerprint density at radius 3 is 2.90 bits per heavy atom. The minimum atomic E-state index is -3.34. The van der Waals surface area contributed by atoms with Crippen LogP contribution in [0.1, 0.15) is 31.7 Å². The molecule has 0 radical (unpaired) electrons. The molecule has 0 amide bonds. The number of hydrogen-bond donors (Lipinski definition) is 1. The van der Waals surface area contributed by atoms with Gasteiger partial charge in [-0.15, -0.1) is 17.9 Å². The SMILES string of the molecule is C=CCCCN(C)S(=O)(=O)c1cc(CNCCC)cs1. The molecule has 1 N–H and O–H groups in total. The van der Waals surface area contributed by atoms with Crippen LogP contribution in [0.3, 0.4) is 0 Å². The van der Waals surface area contributed by atoms with E-state index >= 15 is 0 Å². The number of unbranched alkanes of at least 4 members (excludes halogenated alkanes) is 1. The topological polar surface area (TPSA) is 49.4 Å². The number of sulfonamides is 1. The Balaban J connectivity index is 2.64. The quantitative estimate of drug-likeness (QED) is 0.533. The Morgan fingerprint density at radius 1 is 1.50 bits per heavy atom. The zero-order valence-electron chi connectivity index (χ0n) is 12.3. The van der Waals surface area contributed by atoms with E-state index in [1.165, 1.54) is 15.6 Å². The van der Waals surface area contributed by atoms with Gasteiger partial charge in [0.05, 0.1) is 0 Å². The molecule has 1 rings (SSSR count). The zero-order valence-corrected chi connectivity index (χ0v) is 13.9. The van der Waals surface area contributed by atoms with Crippen LogP contribution in [0.25, 0.3) is 0 Å². The van der Waals surface area contributed by atoms with E-state index in [1.807, 2.05) is 11.5 Å². The molecule has 0 saturated heterocycles. The van der Waals surface area contributed by atoms with Crippen molar-refractivity contribution in [3.8, 4) is 0 Å². The maximum Gasteiger partial charge on any atom is 0.252 e. The van der Waals surface area contributed by atoms with Gasteiger partial charge in [-0.3, -0.25) is 0 Å². The normalized spacial score (nSPS) is 11.9. The molecule has 6 heteroatoms. The van der Waals surface area contributed by atoms with Crippen LogP contribution < -0.4 is 5.32 Å². The Bertz CT molecular complexity index is 509. The summed E-state index contributed by atoms with van der Waals surface area (Å²) in [5, 5.41) is 5.18. The van der Waals surface area contributed by atoms with E-state index in [4.69, 9.17) is 0 Å². The highest BCUT2D eigenvalue weighted by Gasteiger charge is 2.22. The standard InChI is InChI=1S/C14H24N2O2S2/c1-4-6-7-9-16(3)20(17,18)14-10-13(12-19-14)11-15-8-5-2/h4,10,12,15H,1,5-9,11H2,2-3H3. The van der Waals surface area contributed by atoms with Crippen LogP contribution in [0.4, 0.5) is 0 Å². The van der Waals surface area contributed by atoms with Gasteiger partial charge in [0.25, 0.3) is 10.0 Å². The lowest BCUT2D eigenvalue weighted by atomic mass is 10.3. The third-order valence-electron chi connectivity index (χ3n) is 2.93. The van der Waals surface area contributed by atoms with Gasteiger partial charge >= 0.3 is 0 Å². The van der Waals surface area contributed by atoms with Gasteiger partial charge < -0.3 is 5.32 Å². The molecule has 1 heterocycles. The number of allylic oxidation sites excluding steroid dienone is 1. The van der Waals surface area contributed by atoms with Gasteiger partial charge in [-0.05, 0) is 42.8 Å². The first-order valence-corrected chi connectivity index (χ1v) is 9.19. The first kappa shape index (κ1) is 17.4. The molecule has 1 aromatic heterocycles. The van der Waals surface area contributed by atoms with Crippen molar-refractivity contribution in [3.05, 3.63) is 29.7 Å². The highest BCUT2D eigenvalue weighted by molar-refractivity contribution is 7.91. The third kappa shape index (κ3) is 5.01. The van der Waals surface area contributed by atoms with Crippen molar-refractivity contribution in [1.29, 1.82) is 0 Å². The van der Waals surface area contributed by atoms with Crippen molar-refractivity contribution in [2.24, 2.45) is 0 Å². The van der Waals surface area contributed by atoms with Crippen LogP contribution in [-0.4, -0.2) is 32.9 Å². The van der Waals surface area contributed by atoms with Gasteiger partial charge in [-0.1, -0.05) is 13.0 Å². The second kappa shape index (κ2) is 8.56. The van der Waals surface area contributed by atoms with E-state index in [2.05, 4.69) is 18.8 Å². The van der Waals surface area contributed by atoms with Crippen LogP contribution in [0.5, 0.6) is 0 Å². The first-order valence-electron chi connectivity index (χ1n) is 6.87. The van der Waals surface area contributed by atoms with Gasteiger partial charge in [0.2, 0.25) is 0 Å². The van der Waals surface area contributed by atoms with E-state index in [0.717, 1.165) is 37.9 Å². The van der Waals surface area contributed by atoms with Crippen LogP contribution in [0.15, 0.2) is 28.3 Å². The summed E-state index contributed by atoms with van der Waals surface area (Å²) in [6, 6.07) is 1.77. The molecule has 0 aromatic carbocycles. The molecular weight excluding hydrogens is 292 g/mol. The van der Waals surface area contributed by atoms with E-state index in [9.17, 15) is 8.42 Å². The van der Waals surface area contributed by atoms with E-state index in [-0.39, 0.29) is 0 Å². The number of hydrogen-bond acceptors (Lipinski definition) is 4. The van der Waals surface area contributed by atoms with Crippen molar-refractivity contribution < 1.29 is 8.42 Å². The number of thiophene rings is 1. The summed E-state index contributed by atoms with van der Waals surface area (Å²) in [5.41, 5.74) is 1.03.